The highest BCUT2D eigenvalue weighted by molar-refractivity contribution is 5.94. The standard InChI is InChI=1S/C20H21NO3/c1-13-4-2-6-15(10-13)20(22)21-17-7-3-5-14-11-18-19(12-16(14)17)24-9-8-23-18/h2,4,6,10-12,17H,3,5,7-9H2,1H3,(H,21,22). The molecule has 1 amide bonds. The highest BCUT2D eigenvalue weighted by Gasteiger charge is 2.25. The van der Waals surface area contributed by atoms with E-state index in [9.17, 15) is 4.79 Å². The van der Waals surface area contributed by atoms with Gasteiger partial charge in [-0.05, 0) is 61.6 Å². The summed E-state index contributed by atoms with van der Waals surface area (Å²) in [6.07, 6.45) is 3.03. The number of fused-ring (bicyclic) bond motifs is 2. The third-order valence-electron chi connectivity index (χ3n) is 4.70. The van der Waals surface area contributed by atoms with Crippen LogP contribution in [0.2, 0.25) is 0 Å². The van der Waals surface area contributed by atoms with Crippen molar-refractivity contribution in [3.63, 3.8) is 0 Å². The minimum atomic E-state index is -0.0218. The molecule has 1 unspecified atom stereocenters. The van der Waals surface area contributed by atoms with Crippen molar-refractivity contribution < 1.29 is 14.3 Å². The summed E-state index contributed by atoms with van der Waals surface area (Å²) in [6, 6.07) is 11.8. The van der Waals surface area contributed by atoms with Crippen LogP contribution in [0.3, 0.4) is 0 Å². The number of amides is 1. The van der Waals surface area contributed by atoms with Gasteiger partial charge in [0.2, 0.25) is 0 Å². The van der Waals surface area contributed by atoms with E-state index in [1.54, 1.807) is 0 Å². The van der Waals surface area contributed by atoms with Crippen molar-refractivity contribution in [3.05, 3.63) is 58.7 Å². The Bertz CT molecular complexity index is 784. The lowest BCUT2D eigenvalue weighted by atomic mass is 9.87. The summed E-state index contributed by atoms with van der Waals surface area (Å²) >= 11 is 0. The van der Waals surface area contributed by atoms with E-state index >= 15 is 0 Å². The van der Waals surface area contributed by atoms with E-state index in [1.807, 2.05) is 37.3 Å². The first-order valence-electron chi connectivity index (χ1n) is 8.50. The molecule has 0 spiro atoms. The maximum absolute atomic E-state index is 12.6. The van der Waals surface area contributed by atoms with Gasteiger partial charge >= 0.3 is 0 Å². The van der Waals surface area contributed by atoms with Crippen LogP contribution in [0.4, 0.5) is 0 Å². The fourth-order valence-electron chi connectivity index (χ4n) is 3.52. The van der Waals surface area contributed by atoms with Crippen molar-refractivity contribution in [2.45, 2.75) is 32.2 Å². The Morgan fingerprint density at radius 3 is 2.71 bits per heavy atom. The molecule has 2 aliphatic rings. The summed E-state index contributed by atoms with van der Waals surface area (Å²) in [6.45, 7) is 3.17. The van der Waals surface area contributed by atoms with Crippen LogP contribution in [0.1, 0.15) is 45.9 Å². The summed E-state index contributed by atoms with van der Waals surface area (Å²) in [7, 11) is 0. The van der Waals surface area contributed by atoms with Gasteiger partial charge in [0.25, 0.3) is 5.91 Å². The van der Waals surface area contributed by atoms with Gasteiger partial charge in [0.15, 0.2) is 11.5 Å². The van der Waals surface area contributed by atoms with E-state index in [0.717, 1.165) is 41.9 Å². The molecule has 1 N–H and O–H groups in total. The monoisotopic (exact) mass is 323 g/mol. The fourth-order valence-corrected chi connectivity index (χ4v) is 3.52. The van der Waals surface area contributed by atoms with Gasteiger partial charge in [-0.15, -0.1) is 0 Å². The average molecular weight is 323 g/mol. The van der Waals surface area contributed by atoms with Crippen molar-refractivity contribution in [1.82, 2.24) is 5.32 Å². The number of ether oxygens (including phenoxy) is 2. The Balaban J connectivity index is 1.61. The van der Waals surface area contributed by atoms with Gasteiger partial charge < -0.3 is 14.8 Å². The van der Waals surface area contributed by atoms with Crippen LogP contribution in [0.15, 0.2) is 36.4 Å². The molecule has 0 saturated carbocycles. The average Bonchev–Trinajstić information content (AvgIpc) is 2.60. The van der Waals surface area contributed by atoms with Crippen LogP contribution in [-0.4, -0.2) is 19.1 Å². The van der Waals surface area contributed by atoms with E-state index in [4.69, 9.17) is 9.47 Å². The van der Waals surface area contributed by atoms with E-state index in [0.29, 0.717) is 18.8 Å². The maximum atomic E-state index is 12.6. The third-order valence-corrected chi connectivity index (χ3v) is 4.70. The fraction of sp³-hybridized carbons (Fsp3) is 0.350. The van der Waals surface area contributed by atoms with Gasteiger partial charge in [0.05, 0.1) is 6.04 Å². The number of nitrogens with one attached hydrogen (secondary N) is 1. The van der Waals surface area contributed by atoms with Crippen molar-refractivity contribution in [3.8, 4) is 11.5 Å². The summed E-state index contributed by atoms with van der Waals surface area (Å²) < 4.78 is 11.4. The molecule has 1 heterocycles. The first kappa shape index (κ1) is 15.1. The number of hydrogen-bond donors (Lipinski definition) is 1. The lowest BCUT2D eigenvalue weighted by Crippen LogP contribution is -2.31. The molecular formula is C20H21NO3. The van der Waals surface area contributed by atoms with Crippen LogP contribution in [-0.2, 0) is 6.42 Å². The van der Waals surface area contributed by atoms with Crippen molar-refractivity contribution in [2.75, 3.05) is 13.2 Å². The molecule has 4 nitrogen and oxygen atoms in total. The number of hydrogen-bond acceptors (Lipinski definition) is 3. The predicted molar refractivity (Wildman–Crippen MR) is 91.8 cm³/mol. The normalized spacial score (nSPS) is 18.6. The van der Waals surface area contributed by atoms with Gasteiger partial charge in [-0.2, -0.15) is 0 Å². The van der Waals surface area contributed by atoms with Crippen LogP contribution in [0.25, 0.3) is 0 Å². The summed E-state index contributed by atoms with van der Waals surface area (Å²) in [5, 5.41) is 3.19. The largest absolute Gasteiger partial charge is 0.486 e. The summed E-state index contributed by atoms with van der Waals surface area (Å²) in [5.74, 6) is 1.59. The van der Waals surface area contributed by atoms with Crippen LogP contribution >= 0.6 is 0 Å². The third kappa shape index (κ3) is 2.84. The SMILES string of the molecule is Cc1cccc(C(=O)NC2CCCc3cc4c(cc32)OCCO4)c1. The number of aryl methyl sites for hydroxylation is 2. The molecule has 0 bridgehead atoms. The minimum absolute atomic E-state index is 0.0218. The molecule has 0 aromatic heterocycles. The van der Waals surface area contributed by atoms with Gasteiger partial charge in [-0.1, -0.05) is 17.7 Å². The highest BCUT2D eigenvalue weighted by atomic mass is 16.6. The molecule has 1 aliphatic carbocycles. The smallest absolute Gasteiger partial charge is 0.251 e. The van der Waals surface area contributed by atoms with Crippen LogP contribution < -0.4 is 14.8 Å². The summed E-state index contributed by atoms with van der Waals surface area (Å²) in [4.78, 5) is 12.6. The Morgan fingerprint density at radius 2 is 1.92 bits per heavy atom. The van der Waals surface area contributed by atoms with E-state index in [2.05, 4.69) is 11.4 Å². The molecule has 0 saturated heterocycles. The Morgan fingerprint density at radius 1 is 1.12 bits per heavy atom. The lowest BCUT2D eigenvalue weighted by Gasteiger charge is -2.29. The quantitative estimate of drug-likeness (QED) is 0.919. The zero-order valence-electron chi connectivity index (χ0n) is 13.8. The zero-order valence-corrected chi connectivity index (χ0v) is 13.8. The second-order valence-corrected chi connectivity index (χ2v) is 6.48. The Labute approximate surface area is 141 Å². The topological polar surface area (TPSA) is 47.6 Å². The van der Waals surface area contributed by atoms with E-state index in [-0.39, 0.29) is 11.9 Å². The highest BCUT2D eigenvalue weighted by Crippen LogP contribution is 2.39. The molecule has 1 atom stereocenters. The number of carbonyl (C=O) groups is 1. The Kier molecular flexibility index (Phi) is 3.89. The number of rotatable bonds is 2. The molecule has 24 heavy (non-hydrogen) atoms. The van der Waals surface area contributed by atoms with Gasteiger partial charge in [0.1, 0.15) is 13.2 Å². The van der Waals surface area contributed by atoms with Crippen molar-refractivity contribution in [1.29, 1.82) is 0 Å². The predicted octanol–water partition coefficient (Wildman–Crippen LogP) is 3.57. The van der Waals surface area contributed by atoms with Crippen LogP contribution in [0.5, 0.6) is 11.5 Å². The molecule has 2 aromatic carbocycles. The van der Waals surface area contributed by atoms with Gasteiger partial charge in [-0.3, -0.25) is 4.79 Å². The molecule has 4 heteroatoms. The van der Waals surface area contributed by atoms with Crippen LogP contribution in [0, 0.1) is 6.92 Å². The first-order chi connectivity index (χ1) is 11.7. The second-order valence-electron chi connectivity index (χ2n) is 6.48. The molecule has 4 rings (SSSR count). The molecule has 2 aromatic rings. The summed E-state index contributed by atoms with van der Waals surface area (Å²) in [5.41, 5.74) is 4.21. The first-order valence-corrected chi connectivity index (χ1v) is 8.50. The minimum Gasteiger partial charge on any atom is -0.486 e. The van der Waals surface area contributed by atoms with E-state index < -0.39 is 0 Å². The van der Waals surface area contributed by atoms with Crippen molar-refractivity contribution >= 4 is 5.91 Å². The van der Waals surface area contributed by atoms with Crippen molar-refractivity contribution in [2.24, 2.45) is 0 Å². The zero-order chi connectivity index (χ0) is 16.5. The number of benzene rings is 2. The Hall–Kier alpha value is -2.49. The second kappa shape index (κ2) is 6.19. The lowest BCUT2D eigenvalue weighted by molar-refractivity contribution is 0.0932. The molecule has 124 valence electrons. The molecule has 0 fully saturated rings. The molecule has 0 radical (unpaired) electrons. The van der Waals surface area contributed by atoms with E-state index in [1.165, 1.54) is 5.56 Å². The van der Waals surface area contributed by atoms with Gasteiger partial charge in [0, 0.05) is 5.56 Å². The van der Waals surface area contributed by atoms with Gasteiger partial charge in [-0.25, -0.2) is 0 Å². The number of carbonyl (C=O) groups excluding carboxylic acids is 1. The molecular weight excluding hydrogens is 302 g/mol. The molecule has 1 aliphatic heterocycles. The maximum Gasteiger partial charge on any atom is 0.251 e.